The Morgan fingerprint density at radius 3 is 1.62 bits per heavy atom. The van der Waals surface area contributed by atoms with Gasteiger partial charge in [-0.2, -0.15) is 0 Å². The zero-order valence-electron chi connectivity index (χ0n) is 8.11. The second-order valence-electron chi connectivity index (χ2n) is 3.43. The minimum Gasteiger partial charge on any atom is -0.251 e. The molecule has 0 aliphatic heterocycles. The SMILES string of the molecule is Clc1c2ccccc2c(Cl)c2nccnc12. The van der Waals surface area contributed by atoms with Gasteiger partial charge in [0.15, 0.2) is 0 Å². The second kappa shape index (κ2) is 3.58. The molecular weight excluding hydrogens is 243 g/mol. The normalized spacial score (nSPS) is 11.1. The van der Waals surface area contributed by atoms with Gasteiger partial charge in [0.05, 0.1) is 10.0 Å². The number of halogens is 2. The number of benzene rings is 2. The minimum absolute atomic E-state index is 0.600. The van der Waals surface area contributed by atoms with Crippen molar-refractivity contribution in [3.8, 4) is 0 Å². The molecule has 2 nitrogen and oxygen atoms in total. The number of rotatable bonds is 0. The van der Waals surface area contributed by atoms with Crippen molar-refractivity contribution in [1.29, 1.82) is 0 Å². The smallest absolute Gasteiger partial charge is 0.109 e. The van der Waals surface area contributed by atoms with Crippen LogP contribution in [0.1, 0.15) is 0 Å². The van der Waals surface area contributed by atoms with Gasteiger partial charge in [0.1, 0.15) is 11.0 Å². The summed E-state index contributed by atoms with van der Waals surface area (Å²) in [4.78, 5) is 8.43. The van der Waals surface area contributed by atoms with E-state index in [1.165, 1.54) is 0 Å². The van der Waals surface area contributed by atoms with Gasteiger partial charge in [-0.25, -0.2) is 0 Å². The highest BCUT2D eigenvalue weighted by atomic mass is 35.5. The molecule has 78 valence electrons. The van der Waals surface area contributed by atoms with E-state index in [1.54, 1.807) is 12.4 Å². The van der Waals surface area contributed by atoms with E-state index in [0.717, 1.165) is 10.8 Å². The van der Waals surface area contributed by atoms with Crippen LogP contribution in [0.3, 0.4) is 0 Å². The minimum atomic E-state index is 0.600. The summed E-state index contributed by atoms with van der Waals surface area (Å²) in [6, 6.07) is 7.70. The van der Waals surface area contributed by atoms with Gasteiger partial charge in [-0.15, -0.1) is 0 Å². The van der Waals surface area contributed by atoms with Crippen LogP contribution >= 0.6 is 23.2 Å². The molecule has 2 aromatic carbocycles. The van der Waals surface area contributed by atoms with Crippen molar-refractivity contribution in [2.75, 3.05) is 0 Å². The highest BCUT2D eigenvalue weighted by Gasteiger charge is 2.12. The quantitative estimate of drug-likeness (QED) is 0.561. The van der Waals surface area contributed by atoms with Crippen LogP contribution in [0.2, 0.25) is 10.0 Å². The summed E-state index contributed by atoms with van der Waals surface area (Å²) in [5.41, 5.74) is 1.29. The summed E-state index contributed by atoms with van der Waals surface area (Å²) in [5, 5.41) is 3.01. The summed E-state index contributed by atoms with van der Waals surface area (Å²) < 4.78 is 0. The monoisotopic (exact) mass is 248 g/mol. The average Bonchev–Trinajstić information content (AvgIpc) is 2.36. The highest BCUT2D eigenvalue weighted by Crippen LogP contribution is 2.36. The summed E-state index contributed by atoms with van der Waals surface area (Å²) in [7, 11) is 0. The first kappa shape index (κ1) is 9.82. The Morgan fingerprint density at radius 2 is 1.19 bits per heavy atom. The molecule has 0 aliphatic rings. The van der Waals surface area contributed by atoms with E-state index in [0.29, 0.717) is 21.1 Å². The molecule has 0 aliphatic carbocycles. The lowest BCUT2D eigenvalue weighted by atomic mass is 10.1. The summed E-state index contributed by atoms with van der Waals surface area (Å²) in [6.07, 6.45) is 3.22. The molecule has 3 rings (SSSR count). The van der Waals surface area contributed by atoms with Gasteiger partial charge in [-0.1, -0.05) is 47.5 Å². The van der Waals surface area contributed by atoms with E-state index in [4.69, 9.17) is 23.2 Å². The number of nitrogens with zero attached hydrogens (tertiary/aromatic N) is 2. The maximum absolute atomic E-state index is 6.29. The highest BCUT2D eigenvalue weighted by molar-refractivity contribution is 6.46. The van der Waals surface area contributed by atoms with Crippen molar-refractivity contribution in [1.82, 2.24) is 9.97 Å². The zero-order chi connectivity index (χ0) is 11.1. The van der Waals surface area contributed by atoms with Crippen molar-refractivity contribution < 1.29 is 0 Å². The maximum atomic E-state index is 6.29. The van der Waals surface area contributed by atoms with Crippen LogP contribution in [0.5, 0.6) is 0 Å². The summed E-state index contributed by atoms with van der Waals surface area (Å²) >= 11 is 12.6. The van der Waals surface area contributed by atoms with E-state index in [2.05, 4.69) is 9.97 Å². The number of hydrogen-bond donors (Lipinski definition) is 0. The fourth-order valence-corrected chi connectivity index (χ4v) is 2.39. The lowest BCUT2D eigenvalue weighted by Crippen LogP contribution is -1.87. The van der Waals surface area contributed by atoms with Gasteiger partial charge in [0.25, 0.3) is 0 Å². The molecule has 0 spiro atoms. The van der Waals surface area contributed by atoms with Crippen LogP contribution in [0, 0.1) is 0 Å². The molecule has 0 radical (unpaired) electrons. The third-order valence-corrected chi connectivity index (χ3v) is 3.28. The molecule has 0 N–H and O–H groups in total. The van der Waals surface area contributed by atoms with Gasteiger partial charge in [0.2, 0.25) is 0 Å². The first-order chi connectivity index (χ1) is 7.79. The predicted molar refractivity (Wildman–Crippen MR) is 67.1 cm³/mol. The van der Waals surface area contributed by atoms with Crippen molar-refractivity contribution in [3.05, 3.63) is 46.7 Å². The van der Waals surface area contributed by atoms with E-state index in [9.17, 15) is 0 Å². The Morgan fingerprint density at radius 1 is 0.750 bits per heavy atom. The van der Waals surface area contributed by atoms with E-state index >= 15 is 0 Å². The molecule has 3 aromatic rings. The van der Waals surface area contributed by atoms with Crippen LogP contribution in [0.4, 0.5) is 0 Å². The average molecular weight is 249 g/mol. The van der Waals surface area contributed by atoms with Crippen LogP contribution < -0.4 is 0 Å². The first-order valence-electron chi connectivity index (χ1n) is 4.75. The summed E-state index contributed by atoms with van der Waals surface area (Å²) in [6.45, 7) is 0. The fourth-order valence-electron chi connectivity index (χ4n) is 1.78. The molecule has 4 heteroatoms. The lowest BCUT2D eigenvalue weighted by molar-refractivity contribution is 1.30. The molecule has 0 atom stereocenters. The second-order valence-corrected chi connectivity index (χ2v) is 4.18. The largest absolute Gasteiger partial charge is 0.251 e. The van der Waals surface area contributed by atoms with E-state index in [-0.39, 0.29) is 0 Å². The molecular formula is C12H6Cl2N2. The van der Waals surface area contributed by atoms with Crippen molar-refractivity contribution in [2.45, 2.75) is 0 Å². The zero-order valence-corrected chi connectivity index (χ0v) is 9.63. The van der Waals surface area contributed by atoms with Crippen LogP contribution in [0.25, 0.3) is 21.8 Å². The van der Waals surface area contributed by atoms with Gasteiger partial charge < -0.3 is 0 Å². The number of fused-ring (bicyclic) bond motifs is 2. The Labute approximate surface area is 102 Å². The molecule has 0 amide bonds. The Hall–Kier alpha value is -1.38. The third kappa shape index (κ3) is 1.27. The molecule has 0 saturated heterocycles. The Bertz CT molecular complexity index is 578. The number of hydrogen-bond acceptors (Lipinski definition) is 2. The Balaban J connectivity index is 2.67. The molecule has 0 saturated carbocycles. The molecule has 0 unspecified atom stereocenters. The van der Waals surface area contributed by atoms with E-state index < -0.39 is 0 Å². The van der Waals surface area contributed by atoms with Gasteiger partial charge in [0, 0.05) is 23.2 Å². The van der Waals surface area contributed by atoms with Crippen molar-refractivity contribution >= 4 is 45.0 Å². The van der Waals surface area contributed by atoms with Crippen molar-refractivity contribution in [2.24, 2.45) is 0 Å². The van der Waals surface area contributed by atoms with Crippen molar-refractivity contribution in [3.63, 3.8) is 0 Å². The molecule has 1 heterocycles. The van der Waals surface area contributed by atoms with Gasteiger partial charge in [-0.05, 0) is 0 Å². The first-order valence-corrected chi connectivity index (χ1v) is 5.51. The van der Waals surface area contributed by atoms with Crippen LogP contribution in [-0.4, -0.2) is 9.97 Å². The number of aromatic nitrogens is 2. The predicted octanol–water partition coefficient (Wildman–Crippen LogP) is 4.09. The lowest BCUT2D eigenvalue weighted by Gasteiger charge is -2.06. The van der Waals surface area contributed by atoms with Gasteiger partial charge in [-0.3, -0.25) is 9.97 Å². The van der Waals surface area contributed by atoms with Gasteiger partial charge >= 0.3 is 0 Å². The molecule has 1 aromatic heterocycles. The van der Waals surface area contributed by atoms with Crippen LogP contribution in [-0.2, 0) is 0 Å². The van der Waals surface area contributed by atoms with E-state index in [1.807, 2.05) is 24.3 Å². The van der Waals surface area contributed by atoms with Crippen LogP contribution in [0.15, 0.2) is 36.7 Å². The third-order valence-electron chi connectivity index (χ3n) is 2.51. The standard InChI is InChI=1S/C12H6Cl2N2/c13-9-7-3-1-2-4-8(7)10(14)12-11(9)15-5-6-16-12/h1-6H. The fraction of sp³-hybridized carbons (Fsp3) is 0. The molecule has 0 fully saturated rings. The Kier molecular flexibility index (Phi) is 2.20. The molecule has 16 heavy (non-hydrogen) atoms. The maximum Gasteiger partial charge on any atom is 0.109 e. The topological polar surface area (TPSA) is 25.8 Å². The molecule has 0 bridgehead atoms. The summed E-state index contributed by atoms with van der Waals surface area (Å²) in [5.74, 6) is 0.